The predicted octanol–water partition coefficient (Wildman–Crippen LogP) is 1.26. The van der Waals surface area contributed by atoms with Crippen LogP contribution >= 0.6 is 0 Å². The molecule has 0 spiro atoms. The average molecular weight is 301 g/mol. The van der Waals surface area contributed by atoms with Crippen molar-refractivity contribution in [2.45, 2.75) is 25.8 Å². The van der Waals surface area contributed by atoms with Gasteiger partial charge in [0.2, 0.25) is 11.7 Å². The zero-order valence-corrected chi connectivity index (χ0v) is 11.3. The van der Waals surface area contributed by atoms with Crippen LogP contribution < -0.4 is 11.1 Å². The summed E-state index contributed by atoms with van der Waals surface area (Å²) < 4.78 is 27.1. The summed E-state index contributed by atoms with van der Waals surface area (Å²) in [7, 11) is 0. The van der Waals surface area contributed by atoms with Gasteiger partial charge in [-0.1, -0.05) is 0 Å². The van der Waals surface area contributed by atoms with Crippen LogP contribution in [0.3, 0.4) is 0 Å². The lowest BCUT2D eigenvalue weighted by molar-refractivity contribution is -0.387. The van der Waals surface area contributed by atoms with Gasteiger partial charge in [0.15, 0.2) is 0 Å². The maximum absolute atomic E-state index is 13.7. The largest absolute Gasteiger partial charge is 0.370 e. The van der Waals surface area contributed by atoms with Gasteiger partial charge in [-0.05, 0) is 19.9 Å². The SMILES string of the molecule is CC(C)(CC(N)=O)NC(=O)c1cc(F)c([N+](=O)[O-])cc1F. The molecule has 1 aromatic rings. The maximum atomic E-state index is 13.7. The smallest absolute Gasteiger partial charge is 0.307 e. The predicted molar refractivity (Wildman–Crippen MR) is 68.4 cm³/mol. The Morgan fingerprint density at radius 3 is 2.38 bits per heavy atom. The molecular weight excluding hydrogens is 288 g/mol. The van der Waals surface area contributed by atoms with Crippen molar-refractivity contribution in [1.29, 1.82) is 0 Å². The highest BCUT2D eigenvalue weighted by Gasteiger charge is 2.27. The van der Waals surface area contributed by atoms with E-state index in [0.29, 0.717) is 12.1 Å². The quantitative estimate of drug-likeness (QED) is 0.629. The van der Waals surface area contributed by atoms with Gasteiger partial charge < -0.3 is 11.1 Å². The van der Waals surface area contributed by atoms with E-state index in [1.807, 2.05) is 0 Å². The molecule has 2 amide bonds. The summed E-state index contributed by atoms with van der Waals surface area (Å²) in [6.45, 7) is 2.94. The van der Waals surface area contributed by atoms with Gasteiger partial charge in [0.05, 0.1) is 16.6 Å². The third-order valence-electron chi connectivity index (χ3n) is 2.55. The van der Waals surface area contributed by atoms with Gasteiger partial charge in [0.25, 0.3) is 5.91 Å². The zero-order valence-electron chi connectivity index (χ0n) is 11.3. The first-order valence-electron chi connectivity index (χ1n) is 5.78. The Morgan fingerprint density at radius 2 is 1.90 bits per heavy atom. The van der Waals surface area contributed by atoms with E-state index in [0.717, 1.165) is 0 Å². The fraction of sp³-hybridized carbons (Fsp3) is 0.333. The van der Waals surface area contributed by atoms with Crippen molar-refractivity contribution in [3.8, 4) is 0 Å². The van der Waals surface area contributed by atoms with Crippen LogP contribution in [0.5, 0.6) is 0 Å². The zero-order chi connectivity index (χ0) is 16.4. The van der Waals surface area contributed by atoms with E-state index in [4.69, 9.17) is 5.73 Å². The van der Waals surface area contributed by atoms with Gasteiger partial charge in [-0.3, -0.25) is 19.7 Å². The van der Waals surface area contributed by atoms with Crippen molar-refractivity contribution in [3.05, 3.63) is 39.4 Å². The Balaban J connectivity index is 3.06. The van der Waals surface area contributed by atoms with Gasteiger partial charge in [-0.25, -0.2) is 4.39 Å². The van der Waals surface area contributed by atoms with Crippen molar-refractivity contribution in [3.63, 3.8) is 0 Å². The molecule has 0 aliphatic rings. The van der Waals surface area contributed by atoms with E-state index in [9.17, 15) is 28.5 Å². The molecule has 7 nitrogen and oxygen atoms in total. The molecule has 0 fully saturated rings. The van der Waals surface area contributed by atoms with Gasteiger partial charge in [0, 0.05) is 12.0 Å². The lowest BCUT2D eigenvalue weighted by atomic mass is 9.99. The van der Waals surface area contributed by atoms with E-state index < -0.39 is 45.2 Å². The third-order valence-corrected chi connectivity index (χ3v) is 2.55. The highest BCUT2D eigenvalue weighted by molar-refractivity contribution is 5.95. The van der Waals surface area contributed by atoms with Gasteiger partial charge in [-0.15, -0.1) is 0 Å². The van der Waals surface area contributed by atoms with Crippen molar-refractivity contribution in [1.82, 2.24) is 5.32 Å². The molecule has 0 aliphatic carbocycles. The van der Waals surface area contributed by atoms with Crippen LogP contribution in [0.1, 0.15) is 30.6 Å². The molecule has 0 aliphatic heterocycles. The Hall–Kier alpha value is -2.58. The van der Waals surface area contributed by atoms with E-state index in [1.165, 1.54) is 13.8 Å². The number of carbonyl (C=O) groups excluding carboxylic acids is 2. The standard InChI is InChI=1S/C12H13F2N3O4/c1-12(2,5-10(15)18)16-11(19)6-3-8(14)9(17(20)21)4-7(6)13/h3-4H,5H2,1-2H3,(H2,15,18)(H,16,19). The summed E-state index contributed by atoms with van der Waals surface area (Å²) >= 11 is 0. The van der Waals surface area contributed by atoms with Crippen molar-refractivity contribution in [2.24, 2.45) is 5.73 Å². The highest BCUT2D eigenvalue weighted by Crippen LogP contribution is 2.22. The minimum atomic E-state index is -1.33. The molecule has 0 bridgehead atoms. The first-order chi connectivity index (χ1) is 9.53. The van der Waals surface area contributed by atoms with E-state index in [1.54, 1.807) is 0 Å². The lowest BCUT2D eigenvalue weighted by Crippen LogP contribution is -2.46. The van der Waals surface area contributed by atoms with E-state index in [-0.39, 0.29) is 6.42 Å². The molecule has 0 unspecified atom stereocenters. The maximum Gasteiger partial charge on any atom is 0.307 e. The molecule has 114 valence electrons. The number of hydrogen-bond acceptors (Lipinski definition) is 4. The minimum absolute atomic E-state index is 0.212. The number of nitrogens with two attached hydrogens (primary N) is 1. The molecule has 0 radical (unpaired) electrons. The molecule has 1 aromatic carbocycles. The number of nitro groups is 1. The van der Waals surface area contributed by atoms with Gasteiger partial charge in [-0.2, -0.15) is 4.39 Å². The molecular formula is C12H13F2N3O4. The highest BCUT2D eigenvalue weighted by atomic mass is 19.1. The topological polar surface area (TPSA) is 115 Å². The number of amides is 2. The number of nitrogens with zero attached hydrogens (tertiary/aromatic N) is 1. The summed E-state index contributed by atoms with van der Waals surface area (Å²) in [5.41, 5.74) is 2.16. The summed E-state index contributed by atoms with van der Waals surface area (Å²) in [6, 6.07) is 0.758. The van der Waals surface area contributed by atoms with E-state index in [2.05, 4.69) is 5.32 Å². The monoisotopic (exact) mass is 301 g/mol. The van der Waals surface area contributed by atoms with Crippen molar-refractivity contribution < 1.29 is 23.3 Å². The first kappa shape index (κ1) is 16.5. The average Bonchev–Trinajstić information content (AvgIpc) is 2.28. The van der Waals surface area contributed by atoms with Crippen LogP contribution in [0.4, 0.5) is 14.5 Å². The molecule has 0 heterocycles. The van der Waals surface area contributed by atoms with Crippen LogP contribution in [0.25, 0.3) is 0 Å². The normalized spacial score (nSPS) is 11.0. The second-order valence-electron chi connectivity index (χ2n) is 5.02. The molecule has 0 atom stereocenters. The second-order valence-corrected chi connectivity index (χ2v) is 5.02. The lowest BCUT2D eigenvalue weighted by Gasteiger charge is -2.24. The fourth-order valence-electron chi connectivity index (χ4n) is 1.70. The summed E-state index contributed by atoms with van der Waals surface area (Å²) in [4.78, 5) is 32.0. The molecule has 3 N–H and O–H groups in total. The van der Waals surface area contributed by atoms with E-state index >= 15 is 0 Å². The van der Waals surface area contributed by atoms with Crippen molar-refractivity contribution in [2.75, 3.05) is 0 Å². The van der Waals surface area contributed by atoms with Crippen LogP contribution in [0, 0.1) is 21.7 Å². The van der Waals surface area contributed by atoms with Crippen molar-refractivity contribution >= 4 is 17.5 Å². The Kier molecular flexibility index (Phi) is 4.56. The third kappa shape index (κ3) is 4.20. The molecule has 0 saturated heterocycles. The van der Waals surface area contributed by atoms with Crippen LogP contribution in [-0.2, 0) is 4.79 Å². The number of hydrogen-bond donors (Lipinski definition) is 2. The minimum Gasteiger partial charge on any atom is -0.370 e. The van der Waals surface area contributed by atoms with Gasteiger partial charge in [0.1, 0.15) is 5.82 Å². The van der Waals surface area contributed by atoms with Crippen LogP contribution in [-0.4, -0.2) is 22.3 Å². The number of carbonyl (C=O) groups is 2. The molecule has 1 rings (SSSR count). The number of primary amides is 1. The second kappa shape index (κ2) is 5.81. The molecule has 9 heteroatoms. The number of rotatable bonds is 5. The Bertz CT molecular complexity index is 617. The molecule has 0 aromatic heterocycles. The number of benzene rings is 1. The fourth-order valence-corrected chi connectivity index (χ4v) is 1.70. The summed E-state index contributed by atoms with van der Waals surface area (Å²) in [6.07, 6.45) is -0.212. The number of nitro benzene ring substituents is 1. The Labute approximate surface area is 118 Å². The first-order valence-corrected chi connectivity index (χ1v) is 5.78. The Morgan fingerprint density at radius 1 is 1.33 bits per heavy atom. The summed E-state index contributed by atoms with van der Waals surface area (Å²) in [5, 5.41) is 12.8. The molecule has 21 heavy (non-hydrogen) atoms. The van der Waals surface area contributed by atoms with Crippen LogP contribution in [0.15, 0.2) is 12.1 Å². The van der Waals surface area contributed by atoms with Crippen LogP contribution in [0.2, 0.25) is 0 Å². The molecule has 0 saturated carbocycles. The summed E-state index contributed by atoms with van der Waals surface area (Å²) in [5.74, 6) is -4.27. The van der Waals surface area contributed by atoms with Gasteiger partial charge >= 0.3 is 5.69 Å². The number of halogens is 2. The number of nitrogens with one attached hydrogen (secondary N) is 1.